The molecule has 8 aliphatic rings. The number of halogens is 3. The number of hydrogen-bond acceptors (Lipinski definition) is 18. The Morgan fingerprint density at radius 1 is 0.267 bits per heavy atom. The first-order valence-corrected chi connectivity index (χ1v) is 51.7. The van der Waals surface area contributed by atoms with Crippen molar-refractivity contribution in [3.8, 4) is 147 Å². The monoisotopic (exact) mass is 2010 g/mol. The molecule has 1 aliphatic carbocycles. The van der Waals surface area contributed by atoms with Crippen LogP contribution in [0, 0.1) is 60.1 Å². The lowest BCUT2D eigenvalue weighted by atomic mass is 9.94. The van der Waals surface area contributed by atoms with Gasteiger partial charge in [-0.25, -0.2) is 17.2 Å². The van der Waals surface area contributed by atoms with Crippen molar-refractivity contribution in [1.29, 1.82) is 0 Å². The smallest absolute Gasteiger partial charge is 0.165 e. The fourth-order valence-electron chi connectivity index (χ4n) is 19.8. The first kappa shape index (κ1) is 103. The number of fused-ring (bicyclic) bond motifs is 24. The van der Waals surface area contributed by atoms with Gasteiger partial charge in [-0.2, -0.15) is 11.8 Å². The first-order chi connectivity index (χ1) is 70.4. The van der Waals surface area contributed by atoms with Gasteiger partial charge in [0.25, 0.3) is 0 Å². The number of aromatic hydroxyl groups is 6. The van der Waals surface area contributed by atoms with Gasteiger partial charge in [0.1, 0.15) is 57.6 Å². The number of rotatable bonds is 4. The van der Waals surface area contributed by atoms with E-state index in [0.29, 0.717) is 99.3 Å². The van der Waals surface area contributed by atoms with Crippen LogP contribution in [0.1, 0.15) is 134 Å². The minimum absolute atomic E-state index is 0.0234. The molecule has 0 unspecified atom stereocenters. The van der Waals surface area contributed by atoms with Gasteiger partial charge in [0.2, 0.25) is 0 Å². The quantitative estimate of drug-likeness (QED) is 0.0960. The molecule has 0 saturated carbocycles. The van der Waals surface area contributed by atoms with Crippen LogP contribution in [-0.2, 0) is 135 Å². The molecule has 22 heteroatoms. The van der Waals surface area contributed by atoms with Gasteiger partial charge in [0.05, 0.1) is 111 Å². The topological polar surface area (TPSA) is 239 Å². The average Bonchev–Trinajstić information content (AvgIpc) is 1.67. The number of phenols is 6. The summed E-state index contributed by atoms with van der Waals surface area (Å²) in [4.78, 5) is 0. The van der Waals surface area contributed by atoms with Gasteiger partial charge in [-0.15, -0.1) is 0 Å². The highest BCUT2D eigenvalue weighted by Crippen LogP contribution is 2.46. The highest BCUT2D eigenvalue weighted by atomic mass is 35.5. The van der Waals surface area contributed by atoms with E-state index in [0.717, 1.165) is 165 Å². The van der Waals surface area contributed by atoms with E-state index in [-0.39, 0.29) is 34.5 Å². The molecule has 0 fully saturated rings. The molecule has 16 aromatic rings. The van der Waals surface area contributed by atoms with Crippen LogP contribution in [0.2, 0.25) is 5.02 Å². The molecule has 6 N–H and O–H groups in total. The minimum Gasteiger partial charge on any atom is -0.508 e. The fraction of sp³-hybridized carbons (Fsp3) is 0.226. The van der Waals surface area contributed by atoms with Crippen LogP contribution in [0.4, 0.5) is 8.78 Å². The van der Waals surface area contributed by atoms with Crippen LogP contribution < -0.4 is 18.9 Å². The SMILES string of the molecule is COc1ccc2c(c1)CCCc1cc(OC)ccc1-2.COc1ccc2c(c1)COCc1cc(OC)ccc1-2.Cc1ccc2c(c1)COCc1cc(O)c(C)cc1-2.Cc1ccc2c(c1)COCc1cc(O)c(Cl)cc1-2.Cc1ccc2c(c1)COCc1cc(O)c(F)cc1-2.Cc1ccc2c(c1)COCc1cc(O)cc(F)c1-2.Cc1ccc2c(c1)CS(=O)(=O)Cc1cc(O)ccc1-2.Cc1ccc2c(c1)CSCc1cc(O)ccc1-2. The number of thioether (sulfide) groups is 1. The molecule has 0 saturated heterocycles. The Morgan fingerprint density at radius 2 is 0.548 bits per heavy atom. The van der Waals surface area contributed by atoms with Crippen molar-refractivity contribution >= 4 is 33.2 Å². The van der Waals surface area contributed by atoms with Gasteiger partial charge in [-0.05, 0) is 361 Å². The van der Waals surface area contributed by atoms with Crippen LogP contribution in [0.5, 0.6) is 57.5 Å². The molecule has 748 valence electrons. The van der Waals surface area contributed by atoms with Crippen LogP contribution >= 0.6 is 23.4 Å². The van der Waals surface area contributed by atoms with Crippen molar-refractivity contribution in [3.63, 3.8) is 0 Å². The summed E-state index contributed by atoms with van der Waals surface area (Å²) < 4.78 is 101. The van der Waals surface area contributed by atoms with E-state index in [1.165, 1.54) is 108 Å². The van der Waals surface area contributed by atoms with Crippen LogP contribution in [0.15, 0.2) is 267 Å². The molecule has 24 rings (SSSR count). The third-order valence-electron chi connectivity index (χ3n) is 26.9. The normalized spacial score (nSPS) is 13.9. The van der Waals surface area contributed by atoms with Crippen molar-refractivity contribution in [2.75, 3.05) is 28.4 Å². The Kier molecular flexibility index (Phi) is 32.5. The summed E-state index contributed by atoms with van der Waals surface area (Å²) in [6.07, 6.45) is 3.37. The fourth-order valence-corrected chi connectivity index (χ4v) is 22.5. The number of phenolic OH excluding ortho intramolecular Hbond substituents is 6. The summed E-state index contributed by atoms with van der Waals surface area (Å²) >= 11 is 7.91. The van der Waals surface area contributed by atoms with Crippen molar-refractivity contribution in [2.24, 2.45) is 0 Å². The summed E-state index contributed by atoms with van der Waals surface area (Å²) in [7, 11) is 3.61. The molecule has 0 atom stereocenters. The first-order valence-electron chi connectivity index (χ1n) is 48.4. The molecule has 0 aromatic heterocycles. The minimum atomic E-state index is -3.19. The van der Waals surface area contributed by atoms with Crippen molar-refractivity contribution in [3.05, 3.63) is 412 Å². The standard InChI is InChI=1S/C17H18O2.C16H16O3.C16H16O2.C15H13ClO2.2C15H13FO2.C15H14O3S.C15H14OS/c1-18-14-6-8-16-12(10-14)4-3-5-13-11-15(19-2)7-9-17(13)16;1-17-13-3-5-15-11(7-13)9-19-10-12-8-14(18-2)4-6-16(12)15;1-10-3-4-14-12(5-10)8-18-9-13-7-16(17)11(2)6-15(13)14;1-9-2-3-12-10(4-9)7-18-8-11-5-15(17)14(16)6-13(11)12;1-9-2-3-13-10(4-9)7-18-8-11-5-12(17)6-14(16)15(11)13;1-9-2-3-12-10(4-9)7-18-8-11-5-15(17)14(16)6-13(11)12;1-10-2-4-14-11(6-10)8-19(17,18)9-12-7-13(16)3-5-15(12)14;1-10-2-4-14-11(6-10)8-17-9-12-7-13(16)3-5-15(12)14/h6-11H,3-5H2,1-2H3;3-8H,9-10H2,1-2H3;3-7,17H,8-9H2,1-2H3;3*2-6,17H,7-8H2,1H3;2-7,16H,8-9H2,1H3;2-7,16H,8-9H2,1H3. The van der Waals surface area contributed by atoms with Crippen molar-refractivity contribution < 1.29 is 90.5 Å². The maximum absolute atomic E-state index is 14.1. The molecule has 7 heterocycles. The van der Waals surface area contributed by atoms with Gasteiger partial charge >= 0.3 is 0 Å². The zero-order valence-electron chi connectivity index (χ0n) is 83.5. The maximum Gasteiger partial charge on any atom is 0.165 e. The van der Waals surface area contributed by atoms with E-state index in [9.17, 15) is 47.8 Å². The second kappa shape index (κ2) is 46.0. The molecule has 7 aliphatic heterocycles. The lowest BCUT2D eigenvalue weighted by Gasteiger charge is -2.12. The second-order valence-corrected chi connectivity index (χ2v) is 41.2. The third kappa shape index (κ3) is 24.3. The Bertz CT molecular complexity index is 7140. The number of methoxy groups -OCH3 is 4. The molecule has 0 amide bonds. The molecule has 0 spiro atoms. The van der Waals surface area contributed by atoms with Crippen molar-refractivity contribution in [1.82, 2.24) is 0 Å². The zero-order chi connectivity index (χ0) is 103. The summed E-state index contributed by atoms with van der Waals surface area (Å²) in [6.45, 7) is 19.3. The molecule has 0 bridgehead atoms. The number of ether oxygens (including phenoxy) is 9. The summed E-state index contributed by atoms with van der Waals surface area (Å²) in [5.74, 6) is 5.17. The van der Waals surface area contributed by atoms with E-state index in [1.807, 2.05) is 155 Å². The number of hydrogen-bond donors (Lipinski definition) is 6. The van der Waals surface area contributed by atoms with Gasteiger partial charge in [-0.3, -0.25) is 0 Å². The van der Waals surface area contributed by atoms with E-state index in [2.05, 4.69) is 118 Å². The number of aryl methyl sites for hydroxylation is 9. The molecule has 16 aromatic carbocycles. The molecule has 146 heavy (non-hydrogen) atoms. The molecular formula is C124H117ClF2O17S2. The van der Waals surface area contributed by atoms with E-state index in [1.54, 1.807) is 64.8 Å². The molecule has 17 nitrogen and oxygen atoms in total. The maximum atomic E-state index is 14.1. The van der Waals surface area contributed by atoms with Gasteiger partial charge in [0, 0.05) is 23.1 Å². The Hall–Kier alpha value is -14.2. The third-order valence-corrected chi connectivity index (χ3v) is 29.8. The Morgan fingerprint density at radius 3 is 0.973 bits per heavy atom. The van der Waals surface area contributed by atoms with Crippen LogP contribution in [0.25, 0.3) is 89.0 Å². The van der Waals surface area contributed by atoms with Crippen LogP contribution in [0.3, 0.4) is 0 Å². The Balaban J connectivity index is 0.000000114. The summed E-state index contributed by atoms with van der Waals surface area (Å²) in [5, 5.41) is 57.8. The summed E-state index contributed by atoms with van der Waals surface area (Å²) in [5.41, 5.74) is 42.4. The van der Waals surface area contributed by atoms with Gasteiger partial charge in [-0.1, -0.05) is 191 Å². The van der Waals surface area contributed by atoms with E-state index < -0.39 is 21.5 Å². The predicted octanol–water partition coefficient (Wildman–Crippen LogP) is 29.0. The second-order valence-electron chi connectivity index (χ2n) is 37.8. The lowest BCUT2D eigenvalue weighted by Crippen LogP contribution is -2.05. The predicted molar refractivity (Wildman–Crippen MR) is 575 cm³/mol. The lowest BCUT2D eigenvalue weighted by molar-refractivity contribution is 0.109. The zero-order valence-corrected chi connectivity index (χ0v) is 85.9. The van der Waals surface area contributed by atoms with E-state index in [4.69, 9.17) is 54.2 Å². The van der Waals surface area contributed by atoms with Crippen LogP contribution in [-0.4, -0.2) is 67.5 Å². The summed E-state index contributed by atoms with van der Waals surface area (Å²) in [6, 6.07) is 85.6. The van der Waals surface area contributed by atoms with Gasteiger partial charge in [0.15, 0.2) is 21.4 Å². The number of benzene rings is 16. The highest BCUT2D eigenvalue weighted by Gasteiger charge is 2.29. The molecular weight excluding hydrogens is 1900 g/mol. The number of sulfone groups is 1. The Labute approximate surface area is 861 Å². The average molecular weight is 2020 g/mol. The molecule has 0 radical (unpaired) electrons. The van der Waals surface area contributed by atoms with Gasteiger partial charge < -0.3 is 73.3 Å². The highest BCUT2D eigenvalue weighted by molar-refractivity contribution is 7.97. The largest absolute Gasteiger partial charge is 0.508 e. The van der Waals surface area contributed by atoms with Crippen molar-refractivity contribution in [2.45, 2.75) is 157 Å². The van der Waals surface area contributed by atoms with E-state index >= 15 is 0 Å².